The maximum Gasteiger partial charge on any atom is 0.337 e. The number of aryl methyl sites for hydroxylation is 1. The third kappa shape index (κ3) is 4.46. The van der Waals surface area contributed by atoms with Gasteiger partial charge in [-0.05, 0) is 55.5 Å². The molecule has 2 aromatic carbocycles. The second-order valence-corrected chi connectivity index (χ2v) is 9.76. The minimum atomic E-state index is -0.595. The Labute approximate surface area is 214 Å². The summed E-state index contributed by atoms with van der Waals surface area (Å²) in [6.45, 7) is 1.37. The Balaban J connectivity index is 1.84. The van der Waals surface area contributed by atoms with E-state index in [9.17, 15) is 23.6 Å². The molecule has 2 N–H and O–H groups in total. The van der Waals surface area contributed by atoms with E-state index in [1.54, 1.807) is 30.3 Å². The predicted octanol–water partition coefficient (Wildman–Crippen LogP) is 3.75. The third-order valence-corrected chi connectivity index (χ3v) is 6.96. The molecule has 0 atom stereocenters. The molecular weight excluding hydrogens is 497 g/mol. The summed E-state index contributed by atoms with van der Waals surface area (Å²) in [6.07, 6.45) is 3.18. The molecular formula is C26H24FN5O4S. The number of carbonyl (C=O) groups excluding carboxylic acids is 1. The fourth-order valence-electron chi connectivity index (χ4n) is 4.34. The minimum absolute atomic E-state index is 0.0583. The minimum Gasteiger partial charge on any atom is -0.352 e. The second-order valence-electron chi connectivity index (χ2n) is 8.88. The largest absolute Gasteiger partial charge is 0.352 e. The maximum atomic E-state index is 14.8. The molecule has 2 aromatic heterocycles. The van der Waals surface area contributed by atoms with E-state index in [1.807, 2.05) is 6.26 Å². The van der Waals surface area contributed by atoms with E-state index < -0.39 is 22.6 Å². The van der Waals surface area contributed by atoms with Crippen molar-refractivity contribution in [2.45, 2.75) is 30.7 Å². The summed E-state index contributed by atoms with van der Waals surface area (Å²) in [5.74, 6) is -0.828. The van der Waals surface area contributed by atoms with Gasteiger partial charge < -0.3 is 10.6 Å². The number of fused-ring (bicyclic) bond motifs is 1. The number of anilines is 3. The lowest BCUT2D eigenvalue weighted by Gasteiger charge is -2.19. The molecule has 190 valence electrons. The smallest absolute Gasteiger partial charge is 0.337 e. The van der Waals surface area contributed by atoms with Gasteiger partial charge in [-0.25, -0.2) is 13.8 Å². The Hall–Kier alpha value is -4.12. The molecule has 1 amide bonds. The van der Waals surface area contributed by atoms with E-state index in [1.165, 1.54) is 57.6 Å². The van der Waals surface area contributed by atoms with Crippen LogP contribution in [0.25, 0.3) is 16.7 Å². The molecule has 2 heterocycles. The number of pyridine rings is 1. The normalized spacial score (nSPS) is 13.1. The summed E-state index contributed by atoms with van der Waals surface area (Å²) in [4.78, 5) is 52.8. The third-order valence-electron chi connectivity index (χ3n) is 6.23. The SMILES string of the molecule is CSc1ccc(Nc2cc(=O)n(C)c3c2c(=O)n(C2CC2)c(=O)n3-c2cccc(NC(C)=O)c2)c(F)c1. The Kier molecular flexibility index (Phi) is 6.24. The fraction of sp³-hybridized carbons (Fsp3) is 0.231. The maximum absolute atomic E-state index is 14.8. The Bertz CT molecular complexity index is 1750. The summed E-state index contributed by atoms with van der Waals surface area (Å²) >= 11 is 1.39. The van der Waals surface area contributed by atoms with Crippen LogP contribution in [0.4, 0.5) is 21.5 Å². The molecule has 0 unspecified atom stereocenters. The van der Waals surface area contributed by atoms with Crippen LogP contribution in [0.5, 0.6) is 0 Å². The van der Waals surface area contributed by atoms with Gasteiger partial charge in [0.25, 0.3) is 11.1 Å². The molecule has 11 heteroatoms. The summed E-state index contributed by atoms with van der Waals surface area (Å²) in [5.41, 5.74) is -0.592. The number of amides is 1. The summed E-state index contributed by atoms with van der Waals surface area (Å²) < 4.78 is 18.5. The fourth-order valence-corrected chi connectivity index (χ4v) is 4.77. The van der Waals surface area contributed by atoms with Crippen molar-refractivity contribution in [2.24, 2.45) is 7.05 Å². The molecule has 0 radical (unpaired) electrons. The van der Waals surface area contributed by atoms with Gasteiger partial charge in [0.15, 0.2) is 0 Å². The van der Waals surface area contributed by atoms with Crippen molar-refractivity contribution in [2.75, 3.05) is 16.9 Å². The number of thioether (sulfide) groups is 1. The van der Waals surface area contributed by atoms with Gasteiger partial charge >= 0.3 is 5.69 Å². The van der Waals surface area contributed by atoms with Crippen LogP contribution < -0.4 is 27.4 Å². The van der Waals surface area contributed by atoms with Gasteiger partial charge in [-0.15, -0.1) is 11.8 Å². The molecule has 37 heavy (non-hydrogen) atoms. The molecule has 0 saturated heterocycles. The number of benzene rings is 2. The van der Waals surface area contributed by atoms with E-state index in [0.29, 0.717) is 24.2 Å². The zero-order valence-electron chi connectivity index (χ0n) is 20.4. The lowest BCUT2D eigenvalue weighted by atomic mass is 10.2. The highest BCUT2D eigenvalue weighted by molar-refractivity contribution is 7.98. The lowest BCUT2D eigenvalue weighted by Crippen LogP contribution is -2.41. The van der Waals surface area contributed by atoms with Crippen LogP contribution >= 0.6 is 11.8 Å². The van der Waals surface area contributed by atoms with Crippen molar-refractivity contribution >= 4 is 45.8 Å². The van der Waals surface area contributed by atoms with Crippen molar-refractivity contribution in [1.82, 2.24) is 13.7 Å². The van der Waals surface area contributed by atoms with Crippen molar-refractivity contribution in [3.63, 3.8) is 0 Å². The second kappa shape index (κ2) is 9.40. The number of nitrogens with zero attached hydrogens (tertiary/aromatic N) is 3. The van der Waals surface area contributed by atoms with Gasteiger partial charge in [-0.3, -0.25) is 23.5 Å². The first-order valence-corrected chi connectivity index (χ1v) is 12.8. The van der Waals surface area contributed by atoms with Crippen molar-refractivity contribution in [3.05, 3.63) is 85.5 Å². The first kappa shape index (κ1) is 24.6. The summed E-state index contributed by atoms with van der Waals surface area (Å²) in [5, 5.41) is 5.67. The monoisotopic (exact) mass is 521 g/mol. The average molecular weight is 522 g/mol. The molecule has 5 rings (SSSR count). The molecule has 0 bridgehead atoms. The van der Waals surface area contributed by atoms with E-state index in [0.717, 1.165) is 4.90 Å². The van der Waals surface area contributed by atoms with Crippen LogP contribution in [0.3, 0.4) is 0 Å². The van der Waals surface area contributed by atoms with Crippen molar-refractivity contribution < 1.29 is 9.18 Å². The van der Waals surface area contributed by atoms with Gasteiger partial charge in [0.05, 0.1) is 17.1 Å². The van der Waals surface area contributed by atoms with Gasteiger partial charge in [0.2, 0.25) is 5.91 Å². The van der Waals surface area contributed by atoms with E-state index in [4.69, 9.17) is 0 Å². The van der Waals surface area contributed by atoms with E-state index in [-0.39, 0.29) is 34.4 Å². The van der Waals surface area contributed by atoms with E-state index >= 15 is 0 Å². The Morgan fingerprint density at radius 1 is 1.05 bits per heavy atom. The molecule has 1 fully saturated rings. The topological polar surface area (TPSA) is 107 Å². The molecule has 9 nitrogen and oxygen atoms in total. The first-order chi connectivity index (χ1) is 17.7. The number of rotatable bonds is 6. The van der Waals surface area contributed by atoms with Crippen molar-refractivity contribution in [1.29, 1.82) is 0 Å². The first-order valence-electron chi connectivity index (χ1n) is 11.6. The molecule has 1 saturated carbocycles. The number of carbonyl (C=O) groups is 1. The van der Waals surface area contributed by atoms with Crippen molar-refractivity contribution in [3.8, 4) is 5.69 Å². The van der Waals surface area contributed by atoms with Crippen LogP contribution in [0.2, 0.25) is 0 Å². The Morgan fingerprint density at radius 2 is 1.81 bits per heavy atom. The summed E-state index contributed by atoms with van der Waals surface area (Å²) in [7, 11) is 1.47. The molecule has 0 aliphatic heterocycles. The summed E-state index contributed by atoms with van der Waals surface area (Å²) in [6, 6.07) is 12.2. The number of nitrogens with one attached hydrogen (secondary N) is 2. The highest BCUT2D eigenvalue weighted by Gasteiger charge is 2.31. The lowest BCUT2D eigenvalue weighted by molar-refractivity contribution is -0.114. The Morgan fingerprint density at radius 3 is 2.46 bits per heavy atom. The zero-order valence-corrected chi connectivity index (χ0v) is 21.2. The number of halogens is 1. The highest BCUT2D eigenvalue weighted by atomic mass is 32.2. The van der Waals surface area contributed by atoms with Gasteiger partial charge in [0.1, 0.15) is 16.9 Å². The van der Waals surface area contributed by atoms with Crippen LogP contribution in [-0.4, -0.2) is 25.9 Å². The van der Waals surface area contributed by atoms with Crippen LogP contribution in [0.15, 0.2) is 67.8 Å². The number of hydrogen-bond acceptors (Lipinski definition) is 6. The quantitative estimate of drug-likeness (QED) is 0.375. The van der Waals surface area contributed by atoms with Crippen LogP contribution in [0.1, 0.15) is 25.8 Å². The van der Waals surface area contributed by atoms with Crippen LogP contribution in [-0.2, 0) is 11.8 Å². The van der Waals surface area contributed by atoms with Crippen LogP contribution in [0, 0.1) is 5.82 Å². The molecule has 0 spiro atoms. The van der Waals surface area contributed by atoms with Gasteiger partial charge in [-0.2, -0.15) is 0 Å². The molecule has 4 aromatic rings. The standard InChI is InChI=1S/C26H24FN5O4S/c1-14(33)28-15-5-4-6-17(11-15)31-24-23(25(35)32(26(31)36)16-7-8-16)21(13-22(34)30(24)2)29-20-10-9-18(37-3)12-19(20)27/h4-6,9-13,16,29H,7-8H2,1-3H3,(H,28,33). The van der Waals surface area contributed by atoms with Gasteiger partial charge in [0, 0.05) is 36.7 Å². The molecule has 1 aliphatic rings. The highest BCUT2D eigenvalue weighted by Crippen LogP contribution is 2.34. The molecule has 1 aliphatic carbocycles. The van der Waals surface area contributed by atoms with E-state index in [2.05, 4.69) is 10.6 Å². The predicted molar refractivity (Wildman–Crippen MR) is 143 cm³/mol. The zero-order chi connectivity index (χ0) is 26.4. The van der Waals surface area contributed by atoms with Gasteiger partial charge in [-0.1, -0.05) is 6.07 Å². The number of aromatic nitrogens is 3. The average Bonchev–Trinajstić information content (AvgIpc) is 3.68. The number of hydrogen-bond donors (Lipinski definition) is 2.